The maximum Gasteiger partial charge on any atom is 0.232 e. The fourth-order valence-electron chi connectivity index (χ4n) is 4.37. The Morgan fingerprint density at radius 2 is 2.38 bits per heavy atom. The first-order chi connectivity index (χ1) is 10.6. The Labute approximate surface area is 127 Å². The third-order valence-corrected chi connectivity index (χ3v) is 5.42. The van der Waals surface area contributed by atoms with Gasteiger partial charge in [0.2, 0.25) is 5.91 Å². The lowest BCUT2D eigenvalue weighted by Gasteiger charge is -2.34. The third-order valence-electron chi connectivity index (χ3n) is 5.42. The van der Waals surface area contributed by atoms with Crippen LogP contribution in [0.1, 0.15) is 44.2 Å². The van der Waals surface area contributed by atoms with Gasteiger partial charge in [-0.15, -0.1) is 0 Å². The molecular weight excluding hydrogens is 260 g/mol. The number of hydrogen-bond acceptors (Lipinski definition) is 2. The van der Waals surface area contributed by atoms with Crippen molar-refractivity contribution in [2.75, 3.05) is 13.1 Å². The number of nitrogens with zero attached hydrogens (tertiary/aromatic N) is 1. The van der Waals surface area contributed by atoms with Gasteiger partial charge in [-0.1, -0.05) is 30.8 Å². The number of rotatable bonds is 1. The van der Waals surface area contributed by atoms with Gasteiger partial charge in [0.1, 0.15) is 0 Å². The fourth-order valence-corrected chi connectivity index (χ4v) is 4.37. The Kier molecular flexibility index (Phi) is 2.68. The second kappa shape index (κ2) is 4.70. The van der Waals surface area contributed by atoms with Crippen molar-refractivity contribution in [2.45, 2.75) is 38.1 Å². The molecule has 3 nitrogen and oxygen atoms in total. The molecule has 3 aliphatic rings. The van der Waals surface area contributed by atoms with Crippen molar-refractivity contribution in [3.05, 3.63) is 47.6 Å². The van der Waals surface area contributed by atoms with Crippen LogP contribution in [0.3, 0.4) is 0 Å². The molecule has 0 aromatic heterocycles. The number of allylic oxidation sites excluding steroid dienone is 1. The molecule has 2 aliphatic heterocycles. The molecule has 2 heterocycles. The summed E-state index contributed by atoms with van der Waals surface area (Å²) in [6.07, 6.45) is 5.12. The highest BCUT2D eigenvalue weighted by Crippen LogP contribution is 2.45. The van der Waals surface area contributed by atoms with Crippen molar-refractivity contribution in [3.8, 4) is 0 Å². The van der Waals surface area contributed by atoms with Crippen LogP contribution in [0.2, 0.25) is 0 Å². The van der Waals surface area contributed by atoms with Gasteiger partial charge in [-0.2, -0.15) is 0 Å². The van der Waals surface area contributed by atoms with Gasteiger partial charge in [0.15, 0.2) is 0 Å². The molecule has 2 atom stereocenters. The van der Waals surface area contributed by atoms with Gasteiger partial charge in [-0.25, -0.2) is 0 Å². The van der Waals surface area contributed by atoms with Crippen LogP contribution in [0, 0.1) is 5.41 Å². The molecule has 1 amide bonds. The largest absolute Gasteiger partial charge is 0.330 e. The lowest BCUT2D eigenvalue weighted by Crippen LogP contribution is -2.36. The monoisotopic (exact) mass is 284 g/mol. The maximum absolute atomic E-state index is 12.3. The molecule has 2 saturated heterocycles. The number of aryl methyl sites for hydroxylation is 1. The van der Waals surface area contributed by atoms with E-state index in [4.69, 9.17) is 1.37 Å². The minimum absolute atomic E-state index is 0.164. The zero-order valence-electron chi connectivity index (χ0n) is 13.3. The summed E-state index contributed by atoms with van der Waals surface area (Å²) in [6, 6.07) is 7.04. The van der Waals surface area contributed by atoms with Gasteiger partial charge >= 0.3 is 0 Å². The Bertz CT molecular complexity index is 656. The molecule has 3 heteroatoms. The summed E-state index contributed by atoms with van der Waals surface area (Å²) >= 11 is 0. The molecule has 0 radical (unpaired) electrons. The fraction of sp³-hybridized carbons (Fsp3) is 0.500. The predicted octanol–water partition coefficient (Wildman–Crippen LogP) is 2.79. The van der Waals surface area contributed by atoms with Crippen LogP contribution in [0.15, 0.2) is 36.5 Å². The molecule has 1 N–H and O–H groups in total. The molecule has 1 spiro atoms. The van der Waals surface area contributed by atoms with E-state index < -0.39 is 0 Å². The van der Waals surface area contributed by atoms with Gasteiger partial charge in [0, 0.05) is 24.7 Å². The molecule has 0 saturated carbocycles. The molecule has 2 unspecified atom stereocenters. The first kappa shape index (κ1) is 12.0. The molecule has 110 valence electrons. The Hall–Kier alpha value is -1.61. The Morgan fingerprint density at radius 3 is 3.19 bits per heavy atom. The number of benzene rings is 1. The van der Waals surface area contributed by atoms with E-state index in [2.05, 4.69) is 22.9 Å². The number of carbonyl (C=O) groups is 1. The Morgan fingerprint density at radius 1 is 1.48 bits per heavy atom. The minimum atomic E-state index is -0.246. The van der Waals surface area contributed by atoms with Crippen LogP contribution in [0.5, 0.6) is 0 Å². The minimum Gasteiger partial charge on any atom is -0.330 e. The number of likely N-dealkylation sites (tertiary alicyclic amines) is 1. The normalized spacial score (nSPS) is 33.1. The standard InChI is InChI=1S/C18H22N2O/c1-13-11-18(17(21)19-13)9-10-20(12-18)16-8-4-6-14-5-2-3-7-15(14)16/h2-3,5,7,16H,1,4,6,8-12H2,(H,19,21)/i2T. The van der Waals surface area contributed by atoms with E-state index in [1.165, 1.54) is 17.5 Å². The van der Waals surface area contributed by atoms with Crippen molar-refractivity contribution < 1.29 is 6.17 Å². The van der Waals surface area contributed by atoms with Crippen molar-refractivity contribution in [2.24, 2.45) is 5.41 Å². The Balaban J connectivity index is 1.60. The SMILES string of the molecule is [3H]c1ccc2c(c1)CCCC2N1CCC2(CC(=C)NC2=O)C1. The van der Waals surface area contributed by atoms with E-state index >= 15 is 0 Å². The van der Waals surface area contributed by atoms with Crippen LogP contribution >= 0.6 is 0 Å². The third kappa shape index (κ3) is 2.03. The summed E-state index contributed by atoms with van der Waals surface area (Å²) in [7, 11) is 0. The summed E-state index contributed by atoms with van der Waals surface area (Å²) in [5.74, 6) is 0.164. The topological polar surface area (TPSA) is 32.3 Å². The van der Waals surface area contributed by atoms with Gasteiger partial charge in [-0.3, -0.25) is 9.69 Å². The smallest absolute Gasteiger partial charge is 0.232 e. The number of carbonyl (C=O) groups excluding carboxylic acids is 1. The maximum atomic E-state index is 12.3. The lowest BCUT2D eigenvalue weighted by molar-refractivity contribution is -0.127. The van der Waals surface area contributed by atoms with Crippen molar-refractivity contribution in [1.82, 2.24) is 10.2 Å². The van der Waals surface area contributed by atoms with Crippen LogP contribution in [-0.2, 0) is 11.2 Å². The molecule has 21 heavy (non-hydrogen) atoms. The second-order valence-electron chi connectivity index (χ2n) is 6.77. The molecule has 1 aromatic rings. The molecular formula is C18H22N2O. The quantitative estimate of drug-likeness (QED) is 0.860. The van der Waals surface area contributed by atoms with Crippen LogP contribution in [-0.4, -0.2) is 23.9 Å². The molecule has 1 aromatic carbocycles. The first-order valence-corrected chi connectivity index (χ1v) is 7.90. The summed E-state index contributed by atoms with van der Waals surface area (Å²) in [5, 5.41) is 2.91. The van der Waals surface area contributed by atoms with E-state index in [0.717, 1.165) is 44.5 Å². The zero-order valence-corrected chi connectivity index (χ0v) is 12.3. The first-order valence-electron chi connectivity index (χ1n) is 8.40. The second-order valence-corrected chi connectivity index (χ2v) is 6.77. The van der Waals surface area contributed by atoms with Gasteiger partial charge in [-0.05, 0) is 43.4 Å². The molecule has 1 aliphatic carbocycles. The number of hydrogen-bond donors (Lipinski definition) is 1. The van der Waals surface area contributed by atoms with E-state index in [-0.39, 0.29) is 11.3 Å². The van der Waals surface area contributed by atoms with E-state index in [1.807, 2.05) is 12.1 Å². The number of amides is 1. The van der Waals surface area contributed by atoms with Crippen LogP contribution in [0.4, 0.5) is 0 Å². The summed E-state index contributed by atoms with van der Waals surface area (Å²) in [6.45, 7) is 5.75. The summed E-state index contributed by atoms with van der Waals surface area (Å²) in [4.78, 5) is 14.8. The van der Waals surface area contributed by atoms with E-state index in [1.54, 1.807) is 0 Å². The molecule has 0 bridgehead atoms. The van der Waals surface area contributed by atoms with Gasteiger partial charge < -0.3 is 5.32 Å². The van der Waals surface area contributed by atoms with Gasteiger partial charge in [0.05, 0.1) is 6.79 Å². The highest BCUT2D eigenvalue weighted by molar-refractivity contribution is 5.88. The van der Waals surface area contributed by atoms with Crippen LogP contribution < -0.4 is 5.32 Å². The highest BCUT2D eigenvalue weighted by atomic mass is 16.2. The average Bonchev–Trinajstić information content (AvgIpc) is 3.02. The summed E-state index contributed by atoms with van der Waals surface area (Å²) < 4.78 is 7.81. The predicted molar refractivity (Wildman–Crippen MR) is 82.6 cm³/mol. The van der Waals surface area contributed by atoms with Crippen molar-refractivity contribution in [3.63, 3.8) is 0 Å². The number of fused-ring (bicyclic) bond motifs is 1. The van der Waals surface area contributed by atoms with Crippen LogP contribution in [0.25, 0.3) is 0 Å². The van der Waals surface area contributed by atoms with Gasteiger partial charge in [0.25, 0.3) is 0 Å². The van der Waals surface area contributed by atoms with E-state index in [9.17, 15) is 4.79 Å². The molecule has 4 rings (SSSR count). The zero-order chi connectivity index (χ0) is 15.3. The average molecular weight is 284 g/mol. The van der Waals surface area contributed by atoms with Crippen molar-refractivity contribution >= 4 is 5.91 Å². The number of nitrogens with one attached hydrogen (secondary N) is 1. The van der Waals surface area contributed by atoms with E-state index in [0.29, 0.717) is 12.1 Å². The highest BCUT2D eigenvalue weighted by Gasteiger charge is 2.50. The molecule has 2 fully saturated rings. The van der Waals surface area contributed by atoms with Crippen molar-refractivity contribution in [1.29, 1.82) is 0 Å². The lowest BCUT2D eigenvalue weighted by atomic mass is 9.84. The summed E-state index contributed by atoms with van der Waals surface area (Å²) in [5.41, 5.74) is 3.32.